The van der Waals surface area contributed by atoms with Crippen molar-refractivity contribution in [1.82, 2.24) is 0 Å². The van der Waals surface area contributed by atoms with Gasteiger partial charge >= 0.3 is 5.97 Å². The van der Waals surface area contributed by atoms with E-state index in [9.17, 15) is 14.3 Å². The minimum atomic E-state index is -1.02. The van der Waals surface area contributed by atoms with Crippen molar-refractivity contribution >= 4 is 38.8 Å². The highest BCUT2D eigenvalue weighted by Gasteiger charge is 2.12. The number of hydrogen-bond acceptors (Lipinski definition) is 3. The lowest BCUT2D eigenvalue weighted by Crippen LogP contribution is -2.03. The molecule has 4 aromatic rings. The van der Waals surface area contributed by atoms with Gasteiger partial charge in [-0.25, -0.2) is 9.18 Å². The molecule has 0 radical (unpaired) electrons. The van der Waals surface area contributed by atoms with E-state index in [1.807, 2.05) is 11.4 Å². The van der Waals surface area contributed by atoms with Crippen molar-refractivity contribution in [2.75, 3.05) is 5.32 Å². The molecule has 1 heterocycles. The third kappa shape index (κ3) is 3.17. The standard InChI is InChI=1S/C21H14FNO2S/c22-16-3-5-17(6-4-16)23-19-12-14(1-7-18(19)21(24)25)13-2-8-20-15(11-13)9-10-26-20/h1-12,23H,(H,24,25). The molecule has 0 fully saturated rings. The fourth-order valence-electron chi connectivity index (χ4n) is 2.85. The van der Waals surface area contributed by atoms with E-state index in [0.29, 0.717) is 11.4 Å². The number of nitrogens with one attached hydrogen (secondary N) is 1. The molecule has 5 heteroatoms. The van der Waals surface area contributed by atoms with Crippen molar-refractivity contribution in [1.29, 1.82) is 0 Å². The van der Waals surface area contributed by atoms with Gasteiger partial charge in [-0.05, 0) is 76.5 Å². The maximum Gasteiger partial charge on any atom is 0.337 e. The fraction of sp³-hybridized carbons (Fsp3) is 0. The molecule has 0 spiro atoms. The average Bonchev–Trinajstić information content (AvgIpc) is 3.11. The molecule has 0 bridgehead atoms. The zero-order valence-corrected chi connectivity index (χ0v) is 14.4. The number of benzene rings is 3. The summed E-state index contributed by atoms with van der Waals surface area (Å²) in [6.07, 6.45) is 0. The van der Waals surface area contributed by atoms with E-state index in [4.69, 9.17) is 0 Å². The first kappa shape index (κ1) is 16.3. The molecule has 4 rings (SSSR count). The van der Waals surface area contributed by atoms with Crippen LogP contribution in [0, 0.1) is 5.82 Å². The van der Waals surface area contributed by atoms with Crippen LogP contribution in [0.5, 0.6) is 0 Å². The zero-order valence-electron chi connectivity index (χ0n) is 13.6. The smallest absolute Gasteiger partial charge is 0.337 e. The van der Waals surface area contributed by atoms with Crippen LogP contribution in [0.15, 0.2) is 72.1 Å². The van der Waals surface area contributed by atoms with Crippen molar-refractivity contribution in [3.05, 3.63) is 83.5 Å². The van der Waals surface area contributed by atoms with Crippen LogP contribution in [-0.4, -0.2) is 11.1 Å². The number of aromatic carboxylic acids is 1. The number of fused-ring (bicyclic) bond motifs is 1. The predicted molar refractivity (Wildman–Crippen MR) is 104 cm³/mol. The quantitative estimate of drug-likeness (QED) is 0.457. The Bertz CT molecular complexity index is 1100. The summed E-state index contributed by atoms with van der Waals surface area (Å²) in [6.45, 7) is 0. The maximum absolute atomic E-state index is 13.1. The van der Waals surface area contributed by atoms with Gasteiger partial charge in [0.15, 0.2) is 0 Å². The van der Waals surface area contributed by atoms with Gasteiger partial charge in [0, 0.05) is 10.4 Å². The number of carbonyl (C=O) groups is 1. The van der Waals surface area contributed by atoms with Crippen LogP contribution in [0.2, 0.25) is 0 Å². The number of rotatable bonds is 4. The molecule has 0 aliphatic heterocycles. The molecule has 26 heavy (non-hydrogen) atoms. The van der Waals surface area contributed by atoms with E-state index in [1.165, 1.54) is 16.8 Å². The lowest BCUT2D eigenvalue weighted by molar-refractivity contribution is 0.0698. The summed E-state index contributed by atoms with van der Waals surface area (Å²) >= 11 is 1.68. The minimum absolute atomic E-state index is 0.162. The van der Waals surface area contributed by atoms with Crippen LogP contribution in [0.3, 0.4) is 0 Å². The van der Waals surface area contributed by atoms with Gasteiger partial charge in [-0.3, -0.25) is 0 Å². The summed E-state index contributed by atoms with van der Waals surface area (Å²) in [4.78, 5) is 11.6. The molecule has 0 saturated heterocycles. The van der Waals surface area contributed by atoms with Gasteiger partial charge in [0.05, 0.1) is 11.3 Å². The Morgan fingerprint density at radius 2 is 1.65 bits per heavy atom. The van der Waals surface area contributed by atoms with E-state index < -0.39 is 5.97 Å². The molecule has 2 N–H and O–H groups in total. The van der Waals surface area contributed by atoms with Crippen LogP contribution < -0.4 is 5.32 Å². The fourth-order valence-corrected chi connectivity index (χ4v) is 3.62. The van der Waals surface area contributed by atoms with Crippen LogP contribution in [0.25, 0.3) is 21.2 Å². The first-order valence-corrected chi connectivity index (χ1v) is 8.86. The Labute approximate surface area is 153 Å². The second kappa shape index (κ2) is 6.61. The summed E-state index contributed by atoms with van der Waals surface area (Å²) in [5, 5.41) is 15.7. The molecular formula is C21H14FNO2S. The Morgan fingerprint density at radius 1 is 0.923 bits per heavy atom. The molecule has 0 saturated carbocycles. The molecule has 3 nitrogen and oxygen atoms in total. The Balaban J connectivity index is 1.76. The monoisotopic (exact) mass is 363 g/mol. The van der Waals surface area contributed by atoms with E-state index in [0.717, 1.165) is 16.5 Å². The maximum atomic E-state index is 13.1. The Hall–Kier alpha value is -3.18. The van der Waals surface area contributed by atoms with Crippen LogP contribution >= 0.6 is 11.3 Å². The summed E-state index contributed by atoms with van der Waals surface area (Å²) in [5.74, 6) is -1.36. The second-order valence-corrected chi connectivity index (χ2v) is 6.82. The van der Waals surface area contributed by atoms with Gasteiger partial charge in [0.2, 0.25) is 0 Å². The largest absolute Gasteiger partial charge is 0.478 e. The predicted octanol–water partition coefficient (Wildman–Crippen LogP) is 6.15. The number of carboxylic acid groups (broad SMARTS) is 1. The highest BCUT2D eigenvalue weighted by molar-refractivity contribution is 7.17. The molecule has 3 aromatic carbocycles. The lowest BCUT2D eigenvalue weighted by atomic mass is 10.0. The minimum Gasteiger partial charge on any atom is -0.478 e. The SMILES string of the molecule is O=C(O)c1ccc(-c2ccc3sccc3c2)cc1Nc1ccc(F)cc1. The molecule has 0 atom stereocenters. The van der Waals surface area contributed by atoms with Crippen molar-refractivity contribution in [3.8, 4) is 11.1 Å². The van der Waals surface area contributed by atoms with Gasteiger partial charge in [-0.15, -0.1) is 11.3 Å². The highest BCUT2D eigenvalue weighted by atomic mass is 32.1. The van der Waals surface area contributed by atoms with Crippen LogP contribution in [0.4, 0.5) is 15.8 Å². The van der Waals surface area contributed by atoms with E-state index >= 15 is 0 Å². The first-order chi connectivity index (χ1) is 12.6. The van der Waals surface area contributed by atoms with Gasteiger partial charge in [0.1, 0.15) is 5.82 Å². The van der Waals surface area contributed by atoms with E-state index in [2.05, 4.69) is 23.5 Å². The summed E-state index contributed by atoms with van der Waals surface area (Å²) in [5.41, 5.74) is 3.17. The summed E-state index contributed by atoms with van der Waals surface area (Å²) in [6, 6.07) is 19.2. The van der Waals surface area contributed by atoms with Crippen molar-refractivity contribution in [3.63, 3.8) is 0 Å². The number of anilines is 2. The molecule has 1 aromatic heterocycles. The third-order valence-corrected chi connectivity index (χ3v) is 5.06. The van der Waals surface area contributed by atoms with Gasteiger partial charge in [0.25, 0.3) is 0 Å². The number of thiophene rings is 1. The van der Waals surface area contributed by atoms with Crippen molar-refractivity contribution in [2.24, 2.45) is 0 Å². The third-order valence-electron chi connectivity index (χ3n) is 4.16. The second-order valence-electron chi connectivity index (χ2n) is 5.87. The molecule has 0 aliphatic rings. The Morgan fingerprint density at radius 3 is 2.42 bits per heavy atom. The number of hydrogen-bond donors (Lipinski definition) is 2. The van der Waals surface area contributed by atoms with E-state index in [1.54, 1.807) is 41.7 Å². The highest BCUT2D eigenvalue weighted by Crippen LogP contribution is 2.31. The molecule has 0 unspecified atom stereocenters. The number of halogens is 1. The van der Waals surface area contributed by atoms with Crippen LogP contribution in [-0.2, 0) is 0 Å². The summed E-state index contributed by atoms with van der Waals surface area (Å²) in [7, 11) is 0. The van der Waals surface area contributed by atoms with Gasteiger partial charge in [-0.2, -0.15) is 0 Å². The molecular weight excluding hydrogens is 349 g/mol. The normalized spacial score (nSPS) is 10.8. The van der Waals surface area contributed by atoms with Crippen molar-refractivity contribution < 1.29 is 14.3 Å². The molecule has 0 aliphatic carbocycles. The summed E-state index contributed by atoms with van der Waals surface area (Å²) < 4.78 is 14.3. The van der Waals surface area contributed by atoms with Gasteiger partial charge in [-0.1, -0.05) is 12.1 Å². The number of carboxylic acids is 1. The zero-order chi connectivity index (χ0) is 18.1. The van der Waals surface area contributed by atoms with E-state index in [-0.39, 0.29) is 11.4 Å². The first-order valence-electron chi connectivity index (χ1n) is 7.98. The molecule has 0 amide bonds. The molecule has 128 valence electrons. The Kier molecular flexibility index (Phi) is 4.14. The van der Waals surface area contributed by atoms with Crippen LogP contribution in [0.1, 0.15) is 10.4 Å². The average molecular weight is 363 g/mol. The van der Waals surface area contributed by atoms with Gasteiger partial charge < -0.3 is 10.4 Å². The van der Waals surface area contributed by atoms with Crippen molar-refractivity contribution in [2.45, 2.75) is 0 Å². The topological polar surface area (TPSA) is 49.3 Å². The lowest BCUT2D eigenvalue weighted by Gasteiger charge is -2.12.